The van der Waals surface area contributed by atoms with Gasteiger partial charge in [-0.15, -0.1) is 0 Å². The van der Waals surface area contributed by atoms with Gasteiger partial charge in [0.05, 0.1) is 24.3 Å². The highest BCUT2D eigenvalue weighted by molar-refractivity contribution is 5.82. The molecular formula is C20H33N3O2. The monoisotopic (exact) mass is 347 g/mol. The number of hydrogen-bond donors (Lipinski definition) is 0. The van der Waals surface area contributed by atoms with Crippen molar-refractivity contribution in [2.45, 2.75) is 65.4 Å². The number of aromatic nitrogens is 2. The molecule has 2 fully saturated rings. The molecule has 5 heteroatoms. The summed E-state index contributed by atoms with van der Waals surface area (Å²) >= 11 is 0. The van der Waals surface area contributed by atoms with Crippen molar-refractivity contribution in [3.8, 4) is 0 Å². The second-order valence-electron chi connectivity index (χ2n) is 9.28. The number of hydrogen-bond acceptors (Lipinski definition) is 3. The third-order valence-corrected chi connectivity index (χ3v) is 5.92. The molecule has 1 aliphatic carbocycles. The lowest BCUT2D eigenvalue weighted by Gasteiger charge is -2.30. The highest BCUT2D eigenvalue weighted by Gasteiger charge is 2.45. The minimum atomic E-state index is -0.470. The molecule has 1 amide bonds. The molecule has 0 N–H and O–H groups in total. The van der Waals surface area contributed by atoms with E-state index in [4.69, 9.17) is 4.74 Å². The molecule has 0 bridgehead atoms. The Morgan fingerprint density at radius 2 is 2.04 bits per heavy atom. The van der Waals surface area contributed by atoms with E-state index in [9.17, 15) is 4.79 Å². The molecule has 25 heavy (non-hydrogen) atoms. The van der Waals surface area contributed by atoms with E-state index < -0.39 is 5.41 Å². The van der Waals surface area contributed by atoms with Crippen LogP contribution in [0.3, 0.4) is 0 Å². The summed E-state index contributed by atoms with van der Waals surface area (Å²) in [6.45, 7) is 10.6. The van der Waals surface area contributed by atoms with Gasteiger partial charge in [0.1, 0.15) is 0 Å². The Labute approximate surface area is 151 Å². The van der Waals surface area contributed by atoms with Gasteiger partial charge in [-0.1, -0.05) is 26.7 Å². The highest BCUT2D eigenvalue weighted by atomic mass is 16.5. The molecule has 1 saturated carbocycles. The van der Waals surface area contributed by atoms with Gasteiger partial charge >= 0.3 is 0 Å². The first-order valence-electron chi connectivity index (χ1n) is 9.58. The number of likely N-dealkylation sites (tertiary alicyclic amines) is 1. The van der Waals surface area contributed by atoms with Crippen LogP contribution >= 0.6 is 0 Å². The topological polar surface area (TPSA) is 47.4 Å². The fourth-order valence-corrected chi connectivity index (χ4v) is 4.34. The lowest BCUT2D eigenvalue weighted by Crippen LogP contribution is -2.43. The molecule has 140 valence electrons. The smallest absolute Gasteiger partial charge is 0.230 e. The van der Waals surface area contributed by atoms with Crippen molar-refractivity contribution in [3.63, 3.8) is 0 Å². The fourth-order valence-electron chi connectivity index (χ4n) is 4.34. The lowest BCUT2D eigenvalue weighted by atomic mass is 9.79. The van der Waals surface area contributed by atoms with Crippen molar-refractivity contribution >= 4 is 5.91 Å². The predicted molar refractivity (Wildman–Crippen MR) is 98.3 cm³/mol. The molecule has 5 nitrogen and oxygen atoms in total. The van der Waals surface area contributed by atoms with Crippen LogP contribution in [-0.4, -0.2) is 46.4 Å². The number of carbonyl (C=O) groups is 1. The predicted octanol–water partition coefficient (Wildman–Crippen LogP) is 3.36. The van der Waals surface area contributed by atoms with E-state index >= 15 is 0 Å². The van der Waals surface area contributed by atoms with Crippen molar-refractivity contribution in [1.29, 1.82) is 0 Å². The van der Waals surface area contributed by atoms with Gasteiger partial charge in [0.25, 0.3) is 0 Å². The van der Waals surface area contributed by atoms with Crippen molar-refractivity contribution < 1.29 is 9.53 Å². The summed E-state index contributed by atoms with van der Waals surface area (Å²) in [6, 6.07) is 0. The van der Waals surface area contributed by atoms with Crippen molar-refractivity contribution in [2.24, 2.45) is 17.9 Å². The Morgan fingerprint density at radius 1 is 1.36 bits per heavy atom. The Balaban J connectivity index is 1.65. The van der Waals surface area contributed by atoms with Crippen LogP contribution in [0.15, 0.2) is 12.4 Å². The van der Waals surface area contributed by atoms with Gasteiger partial charge < -0.3 is 9.64 Å². The number of aryl methyl sites for hydroxylation is 1. The number of nitrogens with zero attached hydrogens (tertiary/aromatic N) is 3. The van der Waals surface area contributed by atoms with E-state index in [-0.39, 0.29) is 11.3 Å². The first-order valence-corrected chi connectivity index (χ1v) is 9.58. The normalized spacial score (nSPS) is 24.2. The van der Waals surface area contributed by atoms with E-state index in [0.29, 0.717) is 18.6 Å². The lowest BCUT2D eigenvalue weighted by molar-refractivity contribution is -0.144. The molecule has 0 radical (unpaired) electrons. The summed E-state index contributed by atoms with van der Waals surface area (Å²) < 4.78 is 7.90. The molecule has 2 aliphatic rings. The molecule has 1 atom stereocenters. The summed E-state index contributed by atoms with van der Waals surface area (Å²) in [5.41, 5.74) is 0.812. The average molecular weight is 348 g/mol. The zero-order chi connectivity index (χ0) is 18.2. The van der Waals surface area contributed by atoms with Gasteiger partial charge in [0.2, 0.25) is 5.91 Å². The summed E-state index contributed by atoms with van der Waals surface area (Å²) in [4.78, 5) is 15.2. The SMILES string of the molecule is Cn1cc(C2CN(C(=O)C(C)(C)COC3CCCC3)CC2(C)C)cn1. The number of rotatable bonds is 5. The van der Waals surface area contributed by atoms with Crippen LogP contribution in [0.25, 0.3) is 0 Å². The first kappa shape index (κ1) is 18.4. The van der Waals surface area contributed by atoms with Gasteiger partial charge in [0.15, 0.2) is 0 Å². The second kappa shape index (κ2) is 6.75. The van der Waals surface area contributed by atoms with Crippen LogP contribution in [0.5, 0.6) is 0 Å². The Kier molecular flexibility index (Phi) is 4.97. The molecule has 0 aromatic carbocycles. The summed E-state index contributed by atoms with van der Waals surface area (Å²) in [7, 11) is 1.94. The third kappa shape index (κ3) is 3.91. The largest absolute Gasteiger partial charge is 0.377 e. The van der Waals surface area contributed by atoms with Gasteiger partial charge in [-0.2, -0.15) is 5.10 Å². The third-order valence-electron chi connectivity index (χ3n) is 5.92. The van der Waals surface area contributed by atoms with Crippen LogP contribution in [0.2, 0.25) is 0 Å². The Morgan fingerprint density at radius 3 is 2.64 bits per heavy atom. The fraction of sp³-hybridized carbons (Fsp3) is 0.800. The standard InChI is InChI=1S/C20H33N3O2/c1-19(2)13-23(12-17(19)15-10-21-22(5)11-15)18(24)20(3,4)14-25-16-8-6-7-9-16/h10-11,16-17H,6-9,12-14H2,1-5H3. The van der Waals surface area contributed by atoms with Gasteiger partial charge in [-0.05, 0) is 37.7 Å². The van der Waals surface area contributed by atoms with Crippen molar-refractivity contribution in [2.75, 3.05) is 19.7 Å². The van der Waals surface area contributed by atoms with Crippen LogP contribution in [-0.2, 0) is 16.6 Å². The minimum Gasteiger partial charge on any atom is -0.377 e. The van der Waals surface area contributed by atoms with E-state index in [1.54, 1.807) is 0 Å². The minimum absolute atomic E-state index is 0.0566. The Bertz CT molecular complexity index is 614. The maximum absolute atomic E-state index is 13.2. The van der Waals surface area contributed by atoms with E-state index in [2.05, 4.69) is 25.1 Å². The number of ether oxygens (including phenoxy) is 1. The number of amides is 1. The molecule has 1 unspecified atom stereocenters. The van der Waals surface area contributed by atoms with Crippen molar-refractivity contribution in [1.82, 2.24) is 14.7 Å². The van der Waals surface area contributed by atoms with Crippen LogP contribution in [0.1, 0.15) is 64.9 Å². The molecule has 1 saturated heterocycles. The Hall–Kier alpha value is -1.36. The molecule has 1 aliphatic heterocycles. The van der Waals surface area contributed by atoms with Gasteiger partial charge in [-0.25, -0.2) is 0 Å². The molecule has 3 rings (SSSR count). The van der Waals surface area contributed by atoms with Crippen LogP contribution in [0, 0.1) is 10.8 Å². The van der Waals surface area contributed by atoms with E-state index in [1.807, 2.05) is 36.7 Å². The van der Waals surface area contributed by atoms with Crippen LogP contribution in [0.4, 0.5) is 0 Å². The van der Waals surface area contributed by atoms with Crippen LogP contribution < -0.4 is 0 Å². The molecule has 1 aromatic heterocycles. The average Bonchev–Trinajstić information content (AvgIpc) is 3.24. The van der Waals surface area contributed by atoms with Gasteiger partial charge in [-0.3, -0.25) is 9.48 Å². The quantitative estimate of drug-likeness (QED) is 0.820. The summed E-state index contributed by atoms with van der Waals surface area (Å²) in [5, 5.41) is 4.31. The zero-order valence-electron chi connectivity index (χ0n) is 16.4. The number of carbonyl (C=O) groups excluding carboxylic acids is 1. The molecular weight excluding hydrogens is 314 g/mol. The zero-order valence-corrected chi connectivity index (χ0v) is 16.4. The van der Waals surface area contributed by atoms with E-state index in [1.165, 1.54) is 18.4 Å². The molecule has 1 aromatic rings. The second-order valence-corrected chi connectivity index (χ2v) is 9.28. The maximum Gasteiger partial charge on any atom is 0.230 e. The molecule has 0 spiro atoms. The van der Waals surface area contributed by atoms with Crippen molar-refractivity contribution in [3.05, 3.63) is 18.0 Å². The molecule has 2 heterocycles. The summed E-state index contributed by atoms with van der Waals surface area (Å²) in [6.07, 6.45) is 9.17. The highest BCUT2D eigenvalue weighted by Crippen LogP contribution is 2.43. The summed E-state index contributed by atoms with van der Waals surface area (Å²) in [5.74, 6) is 0.543. The maximum atomic E-state index is 13.2. The van der Waals surface area contributed by atoms with Gasteiger partial charge in [0, 0.05) is 32.3 Å². The first-order chi connectivity index (χ1) is 11.7. The van der Waals surface area contributed by atoms with E-state index in [0.717, 1.165) is 25.9 Å².